The Bertz CT molecular complexity index is 123. The topological polar surface area (TPSA) is 49.6 Å². The molecule has 1 N–H and O–H groups in total. The second-order valence-electron chi connectivity index (χ2n) is 2.84. The van der Waals surface area contributed by atoms with Gasteiger partial charge in [-0.15, -0.1) is 11.6 Å². The van der Waals surface area contributed by atoms with Gasteiger partial charge in [-0.25, -0.2) is 0 Å². The highest BCUT2D eigenvalue weighted by Gasteiger charge is 2.36. The van der Waals surface area contributed by atoms with Crippen molar-refractivity contribution in [3.63, 3.8) is 0 Å². The first kappa shape index (κ1) is 14.3. The molecule has 1 rings (SSSR count). The van der Waals surface area contributed by atoms with E-state index in [0.29, 0.717) is 5.88 Å². The van der Waals surface area contributed by atoms with E-state index in [1.807, 2.05) is 0 Å². The molecular formula is C8H20ClNO3Si. The summed E-state index contributed by atoms with van der Waals surface area (Å²) in [5.74, 6) is 0.616. The van der Waals surface area contributed by atoms with E-state index in [1.54, 1.807) is 21.3 Å². The minimum atomic E-state index is -2.32. The Balaban J connectivity index is 0.000000469. The third kappa shape index (κ3) is 6.75. The molecule has 1 fully saturated rings. The van der Waals surface area contributed by atoms with Crippen molar-refractivity contribution in [2.24, 2.45) is 0 Å². The zero-order valence-electron chi connectivity index (χ0n) is 9.14. The first-order chi connectivity index (χ1) is 6.74. The number of hydrogen-bond donors (Lipinski definition) is 1. The molecule has 0 amide bonds. The second kappa shape index (κ2) is 8.64. The number of alkyl halides is 1. The number of nitrogens with one attached hydrogen (secondary N) is 1. The largest absolute Gasteiger partial charge is 0.500 e. The maximum absolute atomic E-state index is 5.53. The van der Waals surface area contributed by atoms with E-state index in [2.05, 4.69) is 5.32 Å². The average Bonchev–Trinajstić information content (AvgIpc) is 3.08. The highest BCUT2D eigenvalue weighted by molar-refractivity contribution is 6.60. The fourth-order valence-corrected chi connectivity index (χ4v) is 2.92. The van der Waals surface area contributed by atoms with Gasteiger partial charge in [0.05, 0.1) is 0 Å². The Morgan fingerprint density at radius 3 is 1.79 bits per heavy atom. The van der Waals surface area contributed by atoms with E-state index in [0.717, 1.165) is 12.5 Å². The van der Waals surface area contributed by atoms with E-state index in [9.17, 15) is 0 Å². The molecule has 0 unspecified atom stereocenters. The quantitative estimate of drug-likeness (QED) is 0.430. The summed E-state index contributed by atoms with van der Waals surface area (Å²) in [5, 5.41) is 3.00. The van der Waals surface area contributed by atoms with Crippen LogP contribution >= 0.6 is 11.6 Å². The van der Waals surface area contributed by atoms with E-state index < -0.39 is 8.80 Å². The van der Waals surface area contributed by atoms with Crippen molar-refractivity contribution in [1.82, 2.24) is 5.32 Å². The summed E-state index contributed by atoms with van der Waals surface area (Å²) in [5.41, 5.74) is 0. The molecule has 0 aliphatic carbocycles. The first-order valence-electron chi connectivity index (χ1n) is 4.67. The zero-order valence-corrected chi connectivity index (χ0v) is 10.9. The molecule has 0 spiro atoms. The molecule has 1 aliphatic rings. The van der Waals surface area contributed by atoms with Gasteiger partial charge in [0.2, 0.25) is 0 Å². The predicted octanol–water partition coefficient (Wildman–Crippen LogP) is 1.08. The van der Waals surface area contributed by atoms with Crippen LogP contribution in [0, 0.1) is 0 Å². The van der Waals surface area contributed by atoms with Crippen LogP contribution in [0.25, 0.3) is 0 Å². The predicted molar refractivity (Wildman–Crippen MR) is 59.8 cm³/mol. The second-order valence-corrected chi connectivity index (χ2v) is 6.31. The minimum Gasteiger partial charge on any atom is -0.377 e. The summed E-state index contributed by atoms with van der Waals surface area (Å²) in [4.78, 5) is 0. The van der Waals surface area contributed by atoms with Crippen molar-refractivity contribution in [1.29, 1.82) is 0 Å². The fourth-order valence-electron chi connectivity index (χ4n) is 0.840. The van der Waals surface area contributed by atoms with Gasteiger partial charge in [0.1, 0.15) is 0 Å². The van der Waals surface area contributed by atoms with Gasteiger partial charge >= 0.3 is 8.80 Å². The van der Waals surface area contributed by atoms with Crippen LogP contribution in [0.1, 0.15) is 6.42 Å². The third-order valence-corrected chi connectivity index (χ3v) is 4.90. The lowest BCUT2D eigenvalue weighted by Gasteiger charge is -2.23. The zero-order chi connectivity index (χ0) is 10.9. The van der Waals surface area contributed by atoms with Gasteiger partial charge in [-0.3, -0.25) is 0 Å². The maximum atomic E-state index is 5.53. The molecule has 0 saturated carbocycles. The van der Waals surface area contributed by atoms with Crippen LogP contribution in [-0.2, 0) is 13.3 Å². The Labute approximate surface area is 92.2 Å². The normalized spacial score (nSPS) is 14.6. The molecule has 0 atom stereocenters. The van der Waals surface area contributed by atoms with Gasteiger partial charge in [-0.1, -0.05) is 0 Å². The Morgan fingerprint density at radius 1 is 1.14 bits per heavy atom. The van der Waals surface area contributed by atoms with Gasteiger partial charge in [-0.05, 0) is 6.42 Å². The summed E-state index contributed by atoms with van der Waals surface area (Å²) < 4.78 is 15.5. The van der Waals surface area contributed by atoms with E-state index >= 15 is 0 Å². The lowest BCUT2D eigenvalue weighted by molar-refractivity contribution is 0.123. The van der Waals surface area contributed by atoms with Crippen LogP contribution in [0.4, 0.5) is 0 Å². The average molecular weight is 242 g/mol. The highest BCUT2D eigenvalue weighted by Crippen LogP contribution is 2.14. The smallest absolute Gasteiger partial charge is 0.377 e. The van der Waals surface area contributed by atoms with Crippen LogP contribution in [0.5, 0.6) is 0 Å². The van der Waals surface area contributed by atoms with E-state index in [-0.39, 0.29) is 0 Å². The molecule has 4 nitrogen and oxygen atoms in total. The molecule has 0 bridgehead atoms. The molecule has 14 heavy (non-hydrogen) atoms. The fraction of sp³-hybridized carbons (Fsp3) is 1.00. The summed E-state index contributed by atoms with van der Waals surface area (Å²) in [6.45, 7) is 2.50. The molecule has 0 aromatic carbocycles. The molecule has 6 heteroatoms. The molecule has 1 heterocycles. The molecule has 0 radical (unpaired) electrons. The van der Waals surface area contributed by atoms with Gasteiger partial charge in [0, 0.05) is 46.3 Å². The molecule has 0 aromatic heterocycles. The molecule has 1 saturated heterocycles. The monoisotopic (exact) mass is 241 g/mol. The van der Waals surface area contributed by atoms with Crippen LogP contribution in [0.15, 0.2) is 0 Å². The SMILES string of the molecule is C1CN1.CO[Si](CCCCl)(OC)OC. The number of rotatable bonds is 6. The summed E-state index contributed by atoms with van der Waals surface area (Å²) in [6.07, 6.45) is 0.864. The lowest BCUT2D eigenvalue weighted by atomic mass is 10.6. The van der Waals surface area contributed by atoms with Crippen molar-refractivity contribution in [3.8, 4) is 0 Å². The molecule has 86 valence electrons. The van der Waals surface area contributed by atoms with Crippen LogP contribution in [0.3, 0.4) is 0 Å². The number of hydrogen-bond acceptors (Lipinski definition) is 4. The van der Waals surface area contributed by atoms with Gasteiger partial charge < -0.3 is 18.6 Å². The van der Waals surface area contributed by atoms with E-state index in [4.69, 9.17) is 24.9 Å². The maximum Gasteiger partial charge on any atom is 0.500 e. The summed E-state index contributed by atoms with van der Waals surface area (Å²) in [7, 11) is 2.49. The van der Waals surface area contributed by atoms with Crippen molar-refractivity contribution in [2.75, 3.05) is 40.3 Å². The van der Waals surface area contributed by atoms with Crippen LogP contribution in [0.2, 0.25) is 6.04 Å². The van der Waals surface area contributed by atoms with Crippen molar-refractivity contribution < 1.29 is 13.3 Å². The standard InChI is InChI=1S/C6H15ClO3Si.C2H5N/c1-8-11(9-2,10-3)6-4-5-7;1-2-3-1/h4-6H2,1-3H3;3H,1-2H2. The summed E-state index contributed by atoms with van der Waals surface area (Å²) in [6, 6.07) is 0.778. The van der Waals surface area contributed by atoms with Gasteiger partial charge in [0.15, 0.2) is 0 Å². The first-order valence-corrected chi connectivity index (χ1v) is 7.13. The van der Waals surface area contributed by atoms with Crippen molar-refractivity contribution in [2.45, 2.75) is 12.5 Å². The van der Waals surface area contributed by atoms with Crippen molar-refractivity contribution >= 4 is 20.4 Å². The lowest BCUT2D eigenvalue weighted by Crippen LogP contribution is -2.42. The summed E-state index contributed by atoms with van der Waals surface area (Å²) >= 11 is 5.53. The van der Waals surface area contributed by atoms with Crippen LogP contribution < -0.4 is 5.32 Å². The number of halogens is 1. The molecule has 0 aromatic rings. The van der Waals surface area contributed by atoms with Crippen LogP contribution in [-0.4, -0.2) is 49.1 Å². The Morgan fingerprint density at radius 2 is 1.57 bits per heavy atom. The molecular weight excluding hydrogens is 222 g/mol. The van der Waals surface area contributed by atoms with E-state index in [1.165, 1.54) is 13.1 Å². The third-order valence-electron chi connectivity index (χ3n) is 1.80. The molecule has 1 aliphatic heterocycles. The van der Waals surface area contributed by atoms with Gasteiger partial charge in [0.25, 0.3) is 0 Å². The Kier molecular flexibility index (Phi) is 8.85. The van der Waals surface area contributed by atoms with Crippen molar-refractivity contribution in [3.05, 3.63) is 0 Å². The van der Waals surface area contributed by atoms with Gasteiger partial charge in [-0.2, -0.15) is 0 Å². The Hall–Kier alpha value is 0.347. The minimum absolute atomic E-state index is 0.616. The highest BCUT2D eigenvalue weighted by atomic mass is 35.5.